The first kappa shape index (κ1) is 19.1. The molecular formula is C14H30N2O4. The Labute approximate surface area is 122 Å². The highest BCUT2D eigenvalue weighted by atomic mass is 16.5. The van der Waals surface area contributed by atoms with Crippen molar-refractivity contribution in [1.82, 2.24) is 0 Å². The van der Waals surface area contributed by atoms with Crippen molar-refractivity contribution in [2.45, 2.75) is 39.5 Å². The highest BCUT2D eigenvalue weighted by molar-refractivity contribution is 5.85. The SMILES string of the molecule is COCCOCCCOCCCCC(C)(C)C(N)=NO. The molecule has 6 heteroatoms. The molecule has 3 N–H and O–H groups in total. The van der Waals surface area contributed by atoms with Crippen LogP contribution in [0.2, 0.25) is 0 Å². The number of nitrogens with zero attached hydrogens (tertiary/aromatic N) is 1. The molecule has 0 unspecified atom stereocenters. The van der Waals surface area contributed by atoms with Gasteiger partial charge in [0.05, 0.1) is 13.2 Å². The summed E-state index contributed by atoms with van der Waals surface area (Å²) in [5, 5.41) is 11.7. The number of ether oxygens (including phenoxy) is 3. The summed E-state index contributed by atoms with van der Waals surface area (Å²) in [6.07, 6.45) is 3.76. The molecular weight excluding hydrogens is 260 g/mol. The summed E-state index contributed by atoms with van der Waals surface area (Å²) in [5.41, 5.74) is 5.37. The van der Waals surface area contributed by atoms with Gasteiger partial charge >= 0.3 is 0 Å². The van der Waals surface area contributed by atoms with Crippen LogP contribution in [0.3, 0.4) is 0 Å². The number of hydrogen-bond donors (Lipinski definition) is 2. The standard InChI is InChI=1S/C14H30N2O4/c1-14(2,13(15)16-17)7-4-5-8-19-9-6-10-20-12-11-18-3/h17H,4-12H2,1-3H3,(H2,15,16). The Morgan fingerprint density at radius 1 is 1.00 bits per heavy atom. The Hall–Kier alpha value is -0.850. The second-order valence-electron chi connectivity index (χ2n) is 5.40. The van der Waals surface area contributed by atoms with Crippen LogP contribution in [0, 0.1) is 5.41 Å². The molecule has 0 saturated carbocycles. The third-order valence-electron chi connectivity index (χ3n) is 3.15. The molecule has 0 amide bonds. The summed E-state index contributed by atoms with van der Waals surface area (Å²) >= 11 is 0. The Kier molecular flexibility index (Phi) is 11.4. The molecule has 0 saturated heterocycles. The van der Waals surface area contributed by atoms with Crippen molar-refractivity contribution < 1.29 is 19.4 Å². The van der Waals surface area contributed by atoms with E-state index in [1.807, 2.05) is 13.8 Å². The minimum absolute atomic E-state index is 0.260. The molecule has 0 heterocycles. The predicted molar refractivity (Wildman–Crippen MR) is 79.2 cm³/mol. The van der Waals surface area contributed by atoms with Gasteiger partial charge in [0, 0.05) is 32.3 Å². The lowest BCUT2D eigenvalue weighted by molar-refractivity contribution is 0.0507. The first-order valence-electron chi connectivity index (χ1n) is 7.17. The fraction of sp³-hybridized carbons (Fsp3) is 0.929. The van der Waals surface area contributed by atoms with Crippen molar-refractivity contribution >= 4 is 5.84 Å². The predicted octanol–water partition coefficient (Wildman–Crippen LogP) is 2.00. The van der Waals surface area contributed by atoms with Crippen molar-refractivity contribution in [2.75, 3.05) is 40.1 Å². The zero-order valence-electron chi connectivity index (χ0n) is 13.1. The molecule has 0 aliphatic rings. The Balaban J connectivity index is 3.33. The summed E-state index contributed by atoms with van der Waals surface area (Å²) in [7, 11) is 1.66. The van der Waals surface area contributed by atoms with Gasteiger partial charge < -0.3 is 25.2 Å². The summed E-state index contributed by atoms with van der Waals surface area (Å²) < 4.78 is 15.7. The number of oxime groups is 1. The number of amidine groups is 1. The highest BCUT2D eigenvalue weighted by Gasteiger charge is 2.22. The van der Waals surface area contributed by atoms with Crippen LogP contribution in [0.15, 0.2) is 5.16 Å². The van der Waals surface area contributed by atoms with Crippen molar-refractivity contribution in [3.63, 3.8) is 0 Å². The van der Waals surface area contributed by atoms with Gasteiger partial charge in [0.15, 0.2) is 0 Å². The first-order chi connectivity index (χ1) is 9.54. The van der Waals surface area contributed by atoms with Gasteiger partial charge in [-0.25, -0.2) is 0 Å². The summed E-state index contributed by atoms with van der Waals surface area (Å²) in [6.45, 7) is 7.39. The lowest BCUT2D eigenvalue weighted by atomic mass is 9.86. The molecule has 0 atom stereocenters. The lowest BCUT2D eigenvalue weighted by Gasteiger charge is -2.22. The van der Waals surface area contributed by atoms with Gasteiger partial charge in [0.2, 0.25) is 0 Å². The third-order valence-corrected chi connectivity index (χ3v) is 3.15. The molecule has 0 spiro atoms. The average Bonchev–Trinajstić information content (AvgIpc) is 2.43. The number of methoxy groups -OCH3 is 1. The molecule has 0 aromatic carbocycles. The minimum atomic E-state index is -0.260. The number of rotatable bonds is 13. The topological polar surface area (TPSA) is 86.3 Å². The molecule has 0 aromatic heterocycles. The fourth-order valence-corrected chi connectivity index (χ4v) is 1.64. The molecule has 0 rings (SSSR count). The van der Waals surface area contributed by atoms with E-state index in [4.69, 9.17) is 25.2 Å². The third kappa shape index (κ3) is 10.00. The monoisotopic (exact) mass is 290 g/mol. The van der Waals surface area contributed by atoms with E-state index < -0.39 is 0 Å². The van der Waals surface area contributed by atoms with E-state index in [9.17, 15) is 0 Å². The quantitative estimate of drug-likeness (QED) is 0.178. The van der Waals surface area contributed by atoms with Crippen molar-refractivity contribution in [3.05, 3.63) is 0 Å². The molecule has 20 heavy (non-hydrogen) atoms. The number of hydrogen-bond acceptors (Lipinski definition) is 5. The van der Waals surface area contributed by atoms with Crippen LogP contribution in [0.25, 0.3) is 0 Å². The lowest BCUT2D eigenvalue weighted by Crippen LogP contribution is -2.31. The van der Waals surface area contributed by atoms with Crippen LogP contribution in [-0.2, 0) is 14.2 Å². The van der Waals surface area contributed by atoms with E-state index in [-0.39, 0.29) is 11.3 Å². The van der Waals surface area contributed by atoms with Crippen LogP contribution in [0.1, 0.15) is 39.5 Å². The second-order valence-corrected chi connectivity index (χ2v) is 5.40. The van der Waals surface area contributed by atoms with E-state index in [2.05, 4.69) is 5.16 Å². The van der Waals surface area contributed by atoms with Crippen molar-refractivity contribution in [1.29, 1.82) is 0 Å². The molecule has 0 aliphatic carbocycles. The Bertz CT molecular complexity index is 258. The van der Waals surface area contributed by atoms with Crippen LogP contribution < -0.4 is 5.73 Å². The number of nitrogens with two attached hydrogens (primary N) is 1. The Morgan fingerprint density at radius 3 is 2.20 bits per heavy atom. The second kappa shape index (κ2) is 11.9. The fourth-order valence-electron chi connectivity index (χ4n) is 1.64. The maximum absolute atomic E-state index is 8.67. The van der Waals surface area contributed by atoms with E-state index in [0.717, 1.165) is 38.9 Å². The van der Waals surface area contributed by atoms with E-state index in [1.165, 1.54) is 0 Å². The highest BCUT2D eigenvalue weighted by Crippen LogP contribution is 2.23. The van der Waals surface area contributed by atoms with Gasteiger partial charge in [-0.05, 0) is 19.3 Å². The average molecular weight is 290 g/mol. The van der Waals surface area contributed by atoms with Crippen LogP contribution in [-0.4, -0.2) is 51.2 Å². The van der Waals surface area contributed by atoms with Crippen molar-refractivity contribution in [2.24, 2.45) is 16.3 Å². The molecule has 6 nitrogen and oxygen atoms in total. The normalized spacial score (nSPS) is 12.8. The molecule has 0 fully saturated rings. The summed E-state index contributed by atoms with van der Waals surface area (Å²) in [4.78, 5) is 0. The number of unbranched alkanes of at least 4 members (excludes halogenated alkanes) is 1. The minimum Gasteiger partial charge on any atom is -0.409 e. The van der Waals surface area contributed by atoms with Gasteiger partial charge in [-0.1, -0.05) is 25.4 Å². The smallest absolute Gasteiger partial charge is 0.144 e. The van der Waals surface area contributed by atoms with E-state index in [0.29, 0.717) is 19.8 Å². The molecule has 0 radical (unpaired) electrons. The van der Waals surface area contributed by atoms with Crippen molar-refractivity contribution in [3.8, 4) is 0 Å². The largest absolute Gasteiger partial charge is 0.409 e. The summed E-state index contributed by atoms with van der Waals surface area (Å²) in [6, 6.07) is 0. The van der Waals surface area contributed by atoms with E-state index >= 15 is 0 Å². The molecule has 0 bridgehead atoms. The molecule has 120 valence electrons. The van der Waals surface area contributed by atoms with E-state index in [1.54, 1.807) is 7.11 Å². The van der Waals surface area contributed by atoms with Gasteiger partial charge in [-0.3, -0.25) is 0 Å². The zero-order valence-corrected chi connectivity index (χ0v) is 13.1. The van der Waals surface area contributed by atoms with Crippen LogP contribution in [0.5, 0.6) is 0 Å². The first-order valence-corrected chi connectivity index (χ1v) is 7.17. The van der Waals surface area contributed by atoms with Gasteiger partial charge in [0.25, 0.3) is 0 Å². The Morgan fingerprint density at radius 2 is 1.60 bits per heavy atom. The molecule has 0 aliphatic heterocycles. The summed E-state index contributed by atoms with van der Waals surface area (Å²) in [5.74, 6) is 0.284. The maximum atomic E-state index is 8.67. The van der Waals surface area contributed by atoms with Gasteiger partial charge in [-0.15, -0.1) is 0 Å². The van der Waals surface area contributed by atoms with Gasteiger partial charge in [-0.2, -0.15) is 0 Å². The zero-order chi connectivity index (χ0) is 15.3. The maximum Gasteiger partial charge on any atom is 0.144 e. The van der Waals surface area contributed by atoms with Crippen LogP contribution in [0.4, 0.5) is 0 Å². The molecule has 0 aromatic rings. The van der Waals surface area contributed by atoms with Gasteiger partial charge in [0.1, 0.15) is 5.84 Å². The van der Waals surface area contributed by atoms with Crippen LogP contribution >= 0.6 is 0 Å².